The van der Waals surface area contributed by atoms with Crippen LogP contribution in [0.2, 0.25) is 0 Å². The number of hydrogen-bond donors (Lipinski definition) is 1. The van der Waals surface area contributed by atoms with Crippen molar-refractivity contribution < 1.29 is 13.2 Å². The van der Waals surface area contributed by atoms with E-state index in [0.717, 1.165) is 0 Å². The van der Waals surface area contributed by atoms with Crippen molar-refractivity contribution in [3.8, 4) is 11.1 Å². The van der Waals surface area contributed by atoms with Gasteiger partial charge in [0.2, 0.25) is 9.84 Å². The summed E-state index contributed by atoms with van der Waals surface area (Å²) in [7, 11) is -2.18. The van der Waals surface area contributed by atoms with E-state index in [0.29, 0.717) is 22.3 Å². The Morgan fingerprint density at radius 2 is 1.42 bits per heavy atom. The molecule has 5 heteroatoms. The summed E-state index contributed by atoms with van der Waals surface area (Å²) in [5.74, 6) is -0.259. The maximum atomic E-state index is 13.3. The quantitative estimate of drug-likeness (QED) is 0.764. The van der Waals surface area contributed by atoms with Gasteiger partial charge in [-0.3, -0.25) is 4.79 Å². The van der Waals surface area contributed by atoms with E-state index in [1.54, 1.807) is 86.8 Å². The lowest BCUT2D eigenvalue weighted by atomic mass is 9.97. The van der Waals surface area contributed by atoms with Crippen LogP contribution in [0.15, 0.2) is 82.6 Å². The summed E-state index contributed by atoms with van der Waals surface area (Å²) >= 11 is 0. The lowest BCUT2D eigenvalue weighted by Gasteiger charge is -2.16. The first kappa shape index (κ1) is 17.9. The second-order valence-corrected chi connectivity index (χ2v) is 7.78. The van der Waals surface area contributed by atoms with E-state index >= 15 is 0 Å². The Balaban J connectivity index is 2.31. The van der Waals surface area contributed by atoms with E-state index in [9.17, 15) is 13.2 Å². The van der Waals surface area contributed by atoms with Crippen molar-refractivity contribution in [3.63, 3.8) is 0 Å². The van der Waals surface area contributed by atoms with Crippen LogP contribution in [0, 0.1) is 6.92 Å². The first-order valence-electron chi connectivity index (χ1n) is 8.18. The average molecular weight is 365 g/mol. The Kier molecular flexibility index (Phi) is 4.91. The third-order valence-corrected chi connectivity index (χ3v) is 6.20. The highest BCUT2D eigenvalue weighted by molar-refractivity contribution is 7.91. The maximum Gasteiger partial charge on any atom is 0.251 e. The van der Waals surface area contributed by atoms with Gasteiger partial charge < -0.3 is 5.32 Å². The van der Waals surface area contributed by atoms with Gasteiger partial charge in [0.15, 0.2) is 0 Å². The minimum Gasteiger partial charge on any atom is -0.355 e. The summed E-state index contributed by atoms with van der Waals surface area (Å²) in [4.78, 5) is 12.7. The molecule has 0 heterocycles. The summed E-state index contributed by atoms with van der Waals surface area (Å²) in [6, 6.07) is 20.6. The zero-order valence-electron chi connectivity index (χ0n) is 14.6. The first-order chi connectivity index (χ1) is 12.5. The molecular formula is C21H19NO3S. The standard InChI is InChI=1S/C21H19NO3S/c1-15-9-8-14-18(17-12-6-7-13-19(17)21(23)22-2)20(15)26(24,25)16-10-4-3-5-11-16/h3-14H,1-2H3,(H,22,23). The fourth-order valence-electron chi connectivity index (χ4n) is 2.99. The zero-order valence-corrected chi connectivity index (χ0v) is 15.4. The van der Waals surface area contributed by atoms with Crippen molar-refractivity contribution in [2.45, 2.75) is 16.7 Å². The minimum atomic E-state index is -3.73. The van der Waals surface area contributed by atoms with E-state index in [2.05, 4.69) is 5.32 Å². The largest absolute Gasteiger partial charge is 0.355 e. The molecule has 26 heavy (non-hydrogen) atoms. The number of carbonyl (C=O) groups is 1. The molecule has 132 valence electrons. The van der Waals surface area contributed by atoms with Gasteiger partial charge >= 0.3 is 0 Å². The van der Waals surface area contributed by atoms with Crippen LogP contribution in [0.5, 0.6) is 0 Å². The Morgan fingerprint density at radius 3 is 2.12 bits per heavy atom. The summed E-state index contributed by atoms with van der Waals surface area (Å²) in [6.07, 6.45) is 0. The molecular weight excluding hydrogens is 346 g/mol. The fourth-order valence-corrected chi connectivity index (χ4v) is 4.70. The molecule has 0 aromatic heterocycles. The van der Waals surface area contributed by atoms with Gasteiger partial charge in [-0.2, -0.15) is 0 Å². The van der Waals surface area contributed by atoms with Gasteiger partial charge in [0, 0.05) is 18.2 Å². The Hall–Kier alpha value is -2.92. The van der Waals surface area contributed by atoms with E-state index in [1.165, 1.54) is 0 Å². The van der Waals surface area contributed by atoms with Crippen LogP contribution in [0.1, 0.15) is 15.9 Å². The van der Waals surface area contributed by atoms with Gasteiger partial charge in [0.25, 0.3) is 5.91 Å². The second-order valence-electron chi connectivity index (χ2n) is 5.89. The summed E-state index contributed by atoms with van der Waals surface area (Å²) in [5.41, 5.74) is 2.18. The predicted octanol–water partition coefficient (Wildman–Crippen LogP) is 3.85. The number of rotatable bonds is 4. The number of nitrogens with one attached hydrogen (secondary N) is 1. The third kappa shape index (κ3) is 3.13. The summed E-state index contributed by atoms with van der Waals surface area (Å²) < 4.78 is 26.6. The maximum absolute atomic E-state index is 13.3. The summed E-state index contributed by atoms with van der Waals surface area (Å²) in [6.45, 7) is 1.77. The Bertz CT molecular complexity index is 1060. The highest BCUT2D eigenvalue weighted by atomic mass is 32.2. The molecule has 0 saturated carbocycles. The first-order valence-corrected chi connectivity index (χ1v) is 9.66. The van der Waals surface area contributed by atoms with E-state index in [1.807, 2.05) is 0 Å². The van der Waals surface area contributed by atoms with Crippen LogP contribution in [0.3, 0.4) is 0 Å². The SMILES string of the molecule is CNC(=O)c1ccccc1-c1cccc(C)c1S(=O)(=O)c1ccccc1. The van der Waals surface area contributed by atoms with Crippen molar-refractivity contribution >= 4 is 15.7 Å². The van der Waals surface area contributed by atoms with Crippen LogP contribution in [0.25, 0.3) is 11.1 Å². The van der Waals surface area contributed by atoms with Crippen LogP contribution in [0.4, 0.5) is 0 Å². The number of carbonyl (C=O) groups excluding carboxylic acids is 1. The molecule has 1 N–H and O–H groups in total. The molecule has 0 fully saturated rings. The predicted molar refractivity (Wildman–Crippen MR) is 102 cm³/mol. The molecule has 3 aromatic rings. The molecule has 0 spiro atoms. The lowest BCUT2D eigenvalue weighted by molar-refractivity contribution is 0.0963. The number of benzene rings is 3. The van der Waals surface area contributed by atoms with Gasteiger partial charge in [0.05, 0.1) is 9.79 Å². The van der Waals surface area contributed by atoms with Gasteiger partial charge in [-0.1, -0.05) is 54.6 Å². The molecule has 0 unspecified atom stereocenters. The third-order valence-electron chi connectivity index (χ3n) is 4.22. The molecule has 0 saturated heterocycles. The fraction of sp³-hybridized carbons (Fsp3) is 0.0952. The van der Waals surface area contributed by atoms with Crippen molar-refractivity contribution in [3.05, 3.63) is 83.9 Å². The number of amides is 1. The summed E-state index contributed by atoms with van der Waals surface area (Å²) in [5, 5.41) is 2.61. The zero-order chi connectivity index (χ0) is 18.7. The van der Waals surface area contributed by atoms with Crippen molar-refractivity contribution in [1.82, 2.24) is 5.32 Å². The topological polar surface area (TPSA) is 63.2 Å². The van der Waals surface area contributed by atoms with Crippen molar-refractivity contribution in [2.24, 2.45) is 0 Å². The second kappa shape index (κ2) is 7.14. The minimum absolute atomic E-state index is 0.225. The van der Waals surface area contributed by atoms with Crippen molar-refractivity contribution in [1.29, 1.82) is 0 Å². The molecule has 4 nitrogen and oxygen atoms in total. The van der Waals surface area contributed by atoms with Gasteiger partial charge in [0.1, 0.15) is 0 Å². The van der Waals surface area contributed by atoms with Gasteiger partial charge in [-0.05, 0) is 36.2 Å². The molecule has 0 bridgehead atoms. The van der Waals surface area contributed by atoms with E-state index in [-0.39, 0.29) is 15.7 Å². The molecule has 1 amide bonds. The van der Waals surface area contributed by atoms with Crippen LogP contribution in [-0.2, 0) is 9.84 Å². The number of hydrogen-bond acceptors (Lipinski definition) is 3. The Labute approximate surface area is 153 Å². The molecule has 0 aliphatic carbocycles. The van der Waals surface area contributed by atoms with E-state index in [4.69, 9.17) is 0 Å². The average Bonchev–Trinajstić information content (AvgIpc) is 2.67. The molecule has 3 rings (SSSR count). The molecule has 0 aliphatic rings. The van der Waals surface area contributed by atoms with Crippen LogP contribution < -0.4 is 5.32 Å². The van der Waals surface area contributed by atoms with Crippen molar-refractivity contribution in [2.75, 3.05) is 7.05 Å². The van der Waals surface area contributed by atoms with Crippen LogP contribution in [-0.4, -0.2) is 21.4 Å². The van der Waals surface area contributed by atoms with Gasteiger partial charge in [-0.15, -0.1) is 0 Å². The van der Waals surface area contributed by atoms with Crippen LogP contribution >= 0.6 is 0 Å². The van der Waals surface area contributed by atoms with Gasteiger partial charge in [-0.25, -0.2) is 8.42 Å². The highest BCUT2D eigenvalue weighted by Crippen LogP contribution is 2.35. The lowest BCUT2D eigenvalue weighted by Crippen LogP contribution is -2.19. The number of sulfone groups is 1. The normalized spacial score (nSPS) is 11.2. The molecule has 0 aliphatic heterocycles. The smallest absolute Gasteiger partial charge is 0.251 e. The highest BCUT2D eigenvalue weighted by Gasteiger charge is 2.25. The number of aryl methyl sites for hydroxylation is 1. The monoisotopic (exact) mass is 365 g/mol. The molecule has 0 radical (unpaired) electrons. The molecule has 3 aromatic carbocycles. The molecule has 0 atom stereocenters. The Morgan fingerprint density at radius 1 is 0.808 bits per heavy atom. The van der Waals surface area contributed by atoms with E-state index < -0.39 is 9.84 Å².